The van der Waals surface area contributed by atoms with E-state index in [2.05, 4.69) is 15.9 Å². The van der Waals surface area contributed by atoms with E-state index in [-0.39, 0.29) is 11.9 Å². The van der Waals surface area contributed by atoms with Crippen LogP contribution in [0.3, 0.4) is 0 Å². The van der Waals surface area contributed by atoms with E-state index in [0.717, 1.165) is 24.0 Å². The molecule has 1 nitrogen and oxygen atoms in total. The van der Waals surface area contributed by atoms with Gasteiger partial charge in [0.25, 0.3) is 0 Å². The standard InChI is InChI=1S/C9H9BrFN/c10-7-4-6-5(3-8(7)11)1-2-9(6)12/h3-4,9H,1-2,12H2/t9-/m0/s1. The Bertz CT molecular complexity index is 325. The molecule has 0 fully saturated rings. The highest BCUT2D eigenvalue weighted by Gasteiger charge is 2.20. The number of aryl methyl sites for hydroxylation is 1. The van der Waals surface area contributed by atoms with Gasteiger partial charge in [-0.15, -0.1) is 0 Å². The quantitative estimate of drug-likeness (QED) is 0.728. The third-order valence-corrected chi connectivity index (χ3v) is 2.91. The van der Waals surface area contributed by atoms with Crippen molar-refractivity contribution in [3.8, 4) is 0 Å². The average molecular weight is 230 g/mol. The van der Waals surface area contributed by atoms with Crippen molar-refractivity contribution in [2.75, 3.05) is 0 Å². The van der Waals surface area contributed by atoms with Crippen LogP contribution in [0.15, 0.2) is 16.6 Å². The van der Waals surface area contributed by atoms with Gasteiger partial charge in [0, 0.05) is 6.04 Å². The maximum absolute atomic E-state index is 13.0. The number of fused-ring (bicyclic) bond motifs is 1. The summed E-state index contributed by atoms with van der Waals surface area (Å²) in [7, 11) is 0. The molecule has 1 aromatic rings. The number of benzene rings is 1. The van der Waals surface area contributed by atoms with Crippen LogP contribution >= 0.6 is 15.9 Å². The molecule has 0 bridgehead atoms. The van der Waals surface area contributed by atoms with Gasteiger partial charge in [-0.25, -0.2) is 4.39 Å². The highest BCUT2D eigenvalue weighted by Crippen LogP contribution is 2.32. The van der Waals surface area contributed by atoms with Gasteiger partial charge < -0.3 is 5.73 Å². The maximum atomic E-state index is 13.0. The SMILES string of the molecule is N[C@H]1CCc2cc(F)c(Br)cc21. The fourth-order valence-corrected chi connectivity index (χ4v) is 1.99. The number of hydrogen-bond donors (Lipinski definition) is 1. The van der Waals surface area contributed by atoms with Gasteiger partial charge in [0.05, 0.1) is 4.47 Å². The van der Waals surface area contributed by atoms with Gasteiger partial charge in [0.2, 0.25) is 0 Å². The van der Waals surface area contributed by atoms with Gasteiger partial charge in [-0.1, -0.05) is 0 Å². The van der Waals surface area contributed by atoms with Crippen LogP contribution in [-0.4, -0.2) is 0 Å². The summed E-state index contributed by atoms with van der Waals surface area (Å²) < 4.78 is 13.5. The molecule has 0 radical (unpaired) electrons. The van der Waals surface area contributed by atoms with Gasteiger partial charge in [0.15, 0.2) is 0 Å². The second-order valence-corrected chi connectivity index (χ2v) is 3.96. The van der Waals surface area contributed by atoms with E-state index in [1.54, 1.807) is 12.1 Å². The molecule has 0 aromatic heterocycles. The van der Waals surface area contributed by atoms with Crippen molar-refractivity contribution in [3.05, 3.63) is 33.5 Å². The second kappa shape index (κ2) is 2.82. The zero-order valence-corrected chi connectivity index (χ0v) is 8.07. The third kappa shape index (κ3) is 1.17. The predicted octanol–water partition coefficient (Wildman–Crippen LogP) is 2.53. The minimum Gasteiger partial charge on any atom is -0.324 e. The molecule has 64 valence electrons. The molecule has 1 aromatic carbocycles. The molecule has 12 heavy (non-hydrogen) atoms. The Labute approximate surface area is 78.9 Å². The van der Waals surface area contributed by atoms with Crippen molar-refractivity contribution >= 4 is 15.9 Å². The van der Waals surface area contributed by atoms with Crippen molar-refractivity contribution in [3.63, 3.8) is 0 Å². The van der Waals surface area contributed by atoms with E-state index in [0.29, 0.717) is 4.47 Å². The van der Waals surface area contributed by atoms with E-state index in [1.807, 2.05) is 0 Å². The zero-order valence-electron chi connectivity index (χ0n) is 6.48. The minimum atomic E-state index is -0.192. The molecule has 1 atom stereocenters. The molecular formula is C9H9BrFN. The van der Waals surface area contributed by atoms with Gasteiger partial charge in [-0.3, -0.25) is 0 Å². The summed E-state index contributed by atoms with van der Waals surface area (Å²) >= 11 is 3.15. The fraction of sp³-hybridized carbons (Fsp3) is 0.333. The molecule has 0 aliphatic heterocycles. The highest BCUT2D eigenvalue weighted by molar-refractivity contribution is 9.10. The van der Waals surface area contributed by atoms with Crippen LogP contribution in [0.4, 0.5) is 4.39 Å². The monoisotopic (exact) mass is 229 g/mol. The molecule has 0 amide bonds. The lowest BCUT2D eigenvalue weighted by Crippen LogP contribution is -2.05. The van der Waals surface area contributed by atoms with Crippen molar-refractivity contribution < 1.29 is 4.39 Å². The van der Waals surface area contributed by atoms with Crippen LogP contribution < -0.4 is 5.73 Å². The molecular weight excluding hydrogens is 221 g/mol. The summed E-state index contributed by atoms with van der Waals surface area (Å²) in [6.45, 7) is 0. The Morgan fingerprint density at radius 3 is 3.00 bits per heavy atom. The molecule has 2 rings (SSSR count). The van der Waals surface area contributed by atoms with Crippen molar-refractivity contribution in [1.29, 1.82) is 0 Å². The maximum Gasteiger partial charge on any atom is 0.137 e. The first-order valence-corrected chi connectivity index (χ1v) is 4.71. The van der Waals surface area contributed by atoms with Crippen molar-refractivity contribution in [2.45, 2.75) is 18.9 Å². The molecule has 0 saturated carbocycles. The van der Waals surface area contributed by atoms with E-state index < -0.39 is 0 Å². The minimum absolute atomic E-state index is 0.0944. The van der Waals surface area contributed by atoms with Gasteiger partial charge >= 0.3 is 0 Å². The normalized spacial score (nSPS) is 21.1. The Hall–Kier alpha value is -0.410. The molecule has 2 N–H and O–H groups in total. The van der Waals surface area contributed by atoms with Crippen LogP contribution in [0.2, 0.25) is 0 Å². The van der Waals surface area contributed by atoms with E-state index in [9.17, 15) is 4.39 Å². The summed E-state index contributed by atoms with van der Waals surface area (Å²) in [5.41, 5.74) is 7.97. The van der Waals surface area contributed by atoms with Gasteiger partial charge in [0.1, 0.15) is 5.82 Å². The van der Waals surface area contributed by atoms with Gasteiger partial charge in [-0.05, 0) is 52.0 Å². The topological polar surface area (TPSA) is 26.0 Å². The van der Waals surface area contributed by atoms with E-state index in [4.69, 9.17) is 5.73 Å². The first kappa shape index (κ1) is 8.20. The van der Waals surface area contributed by atoms with Crippen LogP contribution in [0, 0.1) is 5.82 Å². The summed E-state index contributed by atoms with van der Waals surface area (Å²) in [6.07, 6.45) is 1.84. The highest BCUT2D eigenvalue weighted by atomic mass is 79.9. The Morgan fingerprint density at radius 2 is 2.25 bits per heavy atom. The summed E-state index contributed by atoms with van der Waals surface area (Å²) in [6, 6.07) is 3.46. The van der Waals surface area contributed by atoms with E-state index >= 15 is 0 Å². The summed E-state index contributed by atoms with van der Waals surface area (Å²) in [4.78, 5) is 0. The smallest absolute Gasteiger partial charge is 0.137 e. The Kier molecular flexibility index (Phi) is 1.93. The van der Waals surface area contributed by atoms with Crippen LogP contribution in [-0.2, 0) is 6.42 Å². The van der Waals surface area contributed by atoms with Crippen LogP contribution in [0.5, 0.6) is 0 Å². The van der Waals surface area contributed by atoms with Crippen molar-refractivity contribution in [2.24, 2.45) is 5.73 Å². The van der Waals surface area contributed by atoms with Crippen LogP contribution in [0.25, 0.3) is 0 Å². The molecule has 0 saturated heterocycles. The average Bonchev–Trinajstić information content (AvgIpc) is 2.35. The summed E-state index contributed by atoms with van der Waals surface area (Å²) in [5, 5.41) is 0. The Morgan fingerprint density at radius 1 is 1.50 bits per heavy atom. The largest absolute Gasteiger partial charge is 0.324 e. The van der Waals surface area contributed by atoms with Crippen LogP contribution in [0.1, 0.15) is 23.6 Å². The predicted molar refractivity (Wildman–Crippen MR) is 49.3 cm³/mol. The van der Waals surface area contributed by atoms with Crippen molar-refractivity contribution in [1.82, 2.24) is 0 Å². The fourth-order valence-electron chi connectivity index (χ4n) is 1.63. The number of halogens is 2. The second-order valence-electron chi connectivity index (χ2n) is 3.11. The first-order chi connectivity index (χ1) is 5.68. The molecule has 1 aliphatic carbocycles. The summed E-state index contributed by atoms with van der Waals surface area (Å²) in [5.74, 6) is -0.192. The number of nitrogens with two attached hydrogens (primary N) is 1. The number of hydrogen-bond acceptors (Lipinski definition) is 1. The third-order valence-electron chi connectivity index (χ3n) is 2.31. The molecule has 0 spiro atoms. The number of rotatable bonds is 0. The first-order valence-electron chi connectivity index (χ1n) is 3.92. The molecule has 3 heteroatoms. The zero-order chi connectivity index (χ0) is 8.72. The lowest BCUT2D eigenvalue weighted by molar-refractivity contribution is 0.619. The lowest BCUT2D eigenvalue weighted by atomic mass is 10.1. The van der Waals surface area contributed by atoms with Gasteiger partial charge in [-0.2, -0.15) is 0 Å². The molecule has 0 unspecified atom stereocenters. The lowest BCUT2D eigenvalue weighted by Gasteiger charge is -2.05. The molecule has 0 heterocycles. The van der Waals surface area contributed by atoms with E-state index in [1.165, 1.54) is 0 Å². The Balaban J connectivity index is 2.56. The molecule has 1 aliphatic rings.